The third-order valence-corrected chi connectivity index (χ3v) is 3.77. The first-order valence-electron chi connectivity index (χ1n) is 8.80. The predicted octanol–water partition coefficient (Wildman–Crippen LogP) is 4.12. The monoisotopic (exact) mass is 376 g/mol. The fraction of sp³-hybridized carbons (Fsp3) is 0.143. The molecule has 0 saturated carbocycles. The maximum atomic E-state index is 12.2. The third-order valence-electron chi connectivity index (χ3n) is 3.77. The highest BCUT2D eigenvalue weighted by molar-refractivity contribution is 6.02. The van der Waals surface area contributed by atoms with Crippen LogP contribution in [-0.2, 0) is 4.79 Å². The fourth-order valence-corrected chi connectivity index (χ4v) is 2.23. The van der Waals surface area contributed by atoms with Crippen LogP contribution in [0, 0.1) is 5.92 Å². The zero-order chi connectivity index (χ0) is 19.9. The summed E-state index contributed by atoms with van der Waals surface area (Å²) in [6, 6.07) is 19.1. The number of nitrogens with one attached hydrogen (secondary N) is 2. The molecule has 0 bridgehead atoms. The molecular formula is C21H20N4O3. The molecule has 0 atom stereocenters. The normalized spacial score (nSPS) is 10.4. The number of hydrogen-bond acceptors (Lipinski definition) is 5. The molecule has 7 heteroatoms. The van der Waals surface area contributed by atoms with Gasteiger partial charge in [0, 0.05) is 23.4 Å². The van der Waals surface area contributed by atoms with E-state index in [-0.39, 0.29) is 29.3 Å². The average Bonchev–Trinajstić information content (AvgIpc) is 2.70. The Balaban J connectivity index is 1.59. The van der Waals surface area contributed by atoms with Crippen molar-refractivity contribution in [1.29, 1.82) is 0 Å². The molecule has 0 aliphatic rings. The van der Waals surface area contributed by atoms with Gasteiger partial charge in [0.25, 0.3) is 5.91 Å². The van der Waals surface area contributed by atoms with Crippen molar-refractivity contribution in [3.05, 3.63) is 72.4 Å². The number of carbonyl (C=O) groups excluding carboxylic acids is 2. The first kappa shape index (κ1) is 19.0. The Hall–Kier alpha value is -3.74. The zero-order valence-electron chi connectivity index (χ0n) is 15.5. The maximum absolute atomic E-state index is 12.2. The van der Waals surface area contributed by atoms with Crippen molar-refractivity contribution >= 4 is 23.2 Å². The molecule has 28 heavy (non-hydrogen) atoms. The van der Waals surface area contributed by atoms with E-state index in [0.29, 0.717) is 17.1 Å². The number of ether oxygens (including phenoxy) is 1. The van der Waals surface area contributed by atoms with Crippen LogP contribution in [0.3, 0.4) is 0 Å². The minimum atomic E-state index is -0.351. The summed E-state index contributed by atoms with van der Waals surface area (Å²) in [4.78, 5) is 23.9. The first-order chi connectivity index (χ1) is 13.5. The summed E-state index contributed by atoms with van der Waals surface area (Å²) in [6.45, 7) is 3.66. The van der Waals surface area contributed by atoms with E-state index in [9.17, 15) is 9.59 Å². The van der Waals surface area contributed by atoms with Gasteiger partial charge in [0.05, 0.1) is 0 Å². The van der Waals surface area contributed by atoms with Crippen LogP contribution in [0.15, 0.2) is 66.7 Å². The number of carbonyl (C=O) groups is 2. The second-order valence-electron chi connectivity index (χ2n) is 6.35. The van der Waals surface area contributed by atoms with Gasteiger partial charge < -0.3 is 15.4 Å². The molecule has 142 valence electrons. The van der Waals surface area contributed by atoms with Crippen LogP contribution in [0.25, 0.3) is 0 Å². The van der Waals surface area contributed by atoms with Gasteiger partial charge >= 0.3 is 0 Å². The van der Waals surface area contributed by atoms with Crippen molar-refractivity contribution in [3.63, 3.8) is 0 Å². The van der Waals surface area contributed by atoms with Crippen molar-refractivity contribution in [3.8, 4) is 11.6 Å². The molecule has 0 saturated heterocycles. The predicted molar refractivity (Wildman–Crippen MR) is 106 cm³/mol. The van der Waals surface area contributed by atoms with Gasteiger partial charge in [-0.25, -0.2) is 0 Å². The Morgan fingerprint density at radius 1 is 0.821 bits per heavy atom. The van der Waals surface area contributed by atoms with Crippen LogP contribution >= 0.6 is 0 Å². The van der Waals surface area contributed by atoms with Crippen molar-refractivity contribution in [2.75, 3.05) is 10.6 Å². The number of nitrogens with zero attached hydrogens (tertiary/aromatic N) is 2. The highest BCUT2D eigenvalue weighted by Crippen LogP contribution is 2.21. The topological polar surface area (TPSA) is 93.2 Å². The number of amides is 2. The van der Waals surface area contributed by atoms with Crippen molar-refractivity contribution in [2.24, 2.45) is 5.92 Å². The smallest absolute Gasteiger partial charge is 0.276 e. The number of benzene rings is 2. The van der Waals surface area contributed by atoms with Crippen LogP contribution in [0.4, 0.5) is 11.4 Å². The van der Waals surface area contributed by atoms with Crippen LogP contribution in [-0.4, -0.2) is 22.0 Å². The lowest BCUT2D eigenvalue weighted by molar-refractivity contribution is -0.118. The molecule has 0 spiro atoms. The van der Waals surface area contributed by atoms with Crippen LogP contribution in [0.2, 0.25) is 0 Å². The zero-order valence-corrected chi connectivity index (χ0v) is 15.5. The van der Waals surface area contributed by atoms with Crippen molar-refractivity contribution in [1.82, 2.24) is 10.2 Å². The van der Waals surface area contributed by atoms with Crippen LogP contribution in [0.1, 0.15) is 24.3 Å². The fourth-order valence-electron chi connectivity index (χ4n) is 2.23. The van der Waals surface area contributed by atoms with Gasteiger partial charge in [-0.05, 0) is 42.5 Å². The Kier molecular flexibility index (Phi) is 5.96. The van der Waals surface area contributed by atoms with E-state index >= 15 is 0 Å². The molecule has 1 aromatic heterocycles. The van der Waals surface area contributed by atoms with E-state index in [4.69, 9.17) is 4.74 Å². The maximum Gasteiger partial charge on any atom is 0.276 e. The molecule has 0 fully saturated rings. The second-order valence-corrected chi connectivity index (χ2v) is 6.35. The van der Waals surface area contributed by atoms with Gasteiger partial charge in [0.2, 0.25) is 11.8 Å². The van der Waals surface area contributed by atoms with Gasteiger partial charge in [0.1, 0.15) is 5.75 Å². The molecule has 3 rings (SSSR count). The van der Waals surface area contributed by atoms with E-state index in [1.54, 1.807) is 42.5 Å². The molecule has 0 radical (unpaired) electrons. The standard InChI is InChI=1S/C21H20N4O3/c1-14(2)20(26)22-16-8-10-17(11-9-16)28-19-13-12-18(24-25-19)21(27)23-15-6-4-3-5-7-15/h3-14H,1-2H3,(H,22,26)(H,23,27). The van der Waals surface area contributed by atoms with Crippen molar-refractivity contribution < 1.29 is 14.3 Å². The quantitative estimate of drug-likeness (QED) is 0.675. The number of anilines is 2. The van der Waals surface area contributed by atoms with Gasteiger partial charge in [-0.3, -0.25) is 9.59 Å². The minimum Gasteiger partial charge on any atom is -0.438 e. The van der Waals surface area contributed by atoms with Gasteiger partial charge in [-0.15, -0.1) is 10.2 Å². The van der Waals surface area contributed by atoms with Gasteiger partial charge in [0.15, 0.2) is 5.69 Å². The minimum absolute atomic E-state index is 0.0519. The molecule has 2 amide bonds. The van der Waals surface area contributed by atoms with E-state index in [0.717, 1.165) is 0 Å². The lowest BCUT2D eigenvalue weighted by Crippen LogP contribution is -2.17. The SMILES string of the molecule is CC(C)C(=O)Nc1ccc(Oc2ccc(C(=O)Nc3ccccc3)nn2)cc1. The molecule has 3 aromatic rings. The lowest BCUT2D eigenvalue weighted by Gasteiger charge is -2.09. The Labute approximate surface area is 162 Å². The summed E-state index contributed by atoms with van der Waals surface area (Å²) in [5.41, 5.74) is 1.55. The summed E-state index contributed by atoms with van der Waals surface area (Å²) < 4.78 is 5.62. The molecule has 2 aromatic carbocycles. The summed E-state index contributed by atoms with van der Waals surface area (Å²) in [5.74, 6) is 0.303. The van der Waals surface area contributed by atoms with E-state index in [1.165, 1.54) is 6.07 Å². The van der Waals surface area contributed by atoms with E-state index < -0.39 is 0 Å². The molecule has 0 unspecified atom stereocenters. The van der Waals surface area contributed by atoms with E-state index in [2.05, 4.69) is 20.8 Å². The molecule has 2 N–H and O–H groups in total. The first-order valence-corrected chi connectivity index (χ1v) is 8.80. The van der Waals surface area contributed by atoms with Crippen LogP contribution in [0.5, 0.6) is 11.6 Å². The average molecular weight is 376 g/mol. The van der Waals surface area contributed by atoms with Crippen LogP contribution < -0.4 is 15.4 Å². The largest absolute Gasteiger partial charge is 0.438 e. The molecule has 1 heterocycles. The Morgan fingerprint density at radius 3 is 2.11 bits per heavy atom. The summed E-state index contributed by atoms with van der Waals surface area (Å²) in [7, 11) is 0. The summed E-state index contributed by atoms with van der Waals surface area (Å²) >= 11 is 0. The number of rotatable bonds is 6. The lowest BCUT2D eigenvalue weighted by atomic mass is 10.2. The number of aromatic nitrogens is 2. The summed E-state index contributed by atoms with van der Waals surface area (Å²) in [6.07, 6.45) is 0. The van der Waals surface area contributed by atoms with E-state index in [1.807, 2.05) is 32.0 Å². The Morgan fingerprint density at radius 2 is 1.50 bits per heavy atom. The summed E-state index contributed by atoms with van der Waals surface area (Å²) in [5, 5.41) is 13.4. The highest BCUT2D eigenvalue weighted by Gasteiger charge is 2.10. The van der Waals surface area contributed by atoms with Gasteiger partial charge in [-0.1, -0.05) is 32.0 Å². The molecule has 7 nitrogen and oxygen atoms in total. The number of para-hydroxylation sites is 1. The number of hydrogen-bond donors (Lipinski definition) is 2. The second kappa shape index (κ2) is 8.77. The van der Waals surface area contributed by atoms with Crippen molar-refractivity contribution in [2.45, 2.75) is 13.8 Å². The third kappa shape index (κ3) is 5.14. The molecule has 0 aliphatic heterocycles. The van der Waals surface area contributed by atoms with Gasteiger partial charge in [-0.2, -0.15) is 0 Å². The highest BCUT2D eigenvalue weighted by atomic mass is 16.5. The molecular weight excluding hydrogens is 356 g/mol. The molecule has 0 aliphatic carbocycles. The Bertz CT molecular complexity index is 940.